The standard InChI is InChI=1S/C17H23N3O5S/c21-16(22)7-9-18-17(23)19-10-3-5-14(12-19)26(24,25)20-11-8-13-4-1-2-6-15(13)20/h1-2,4,6,14H,3,5,7-12H2,(H,18,23)(H,21,22). The van der Waals surface area contributed by atoms with Crippen LogP contribution in [0.2, 0.25) is 0 Å². The van der Waals surface area contributed by atoms with Gasteiger partial charge in [-0.05, 0) is 30.9 Å². The zero-order valence-electron chi connectivity index (χ0n) is 14.4. The molecule has 2 aliphatic heterocycles. The van der Waals surface area contributed by atoms with E-state index in [1.807, 2.05) is 24.3 Å². The molecule has 3 rings (SSSR count). The maximum Gasteiger partial charge on any atom is 0.317 e. The first kappa shape index (κ1) is 18.5. The summed E-state index contributed by atoms with van der Waals surface area (Å²) in [6, 6.07) is 7.08. The van der Waals surface area contributed by atoms with E-state index in [-0.39, 0.29) is 19.5 Å². The SMILES string of the molecule is O=C(O)CCNC(=O)N1CCCC(S(=O)(=O)N2CCc3ccccc32)C1. The molecule has 2 heterocycles. The summed E-state index contributed by atoms with van der Waals surface area (Å²) in [5, 5.41) is 10.5. The molecule has 0 radical (unpaired) electrons. The number of sulfonamides is 1. The van der Waals surface area contributed by atoms with Crippen molar-refractivity contribution in [3.63, 3.8) is 0 Å². The summed E-state index contributed by atoms with van der Waals surface area (Å²) >= 11 is 0. The molecule has 0 saturated carbocycles. The second kappa shape index (κ2) is 7.53. The number of hydrogen-bond donors (Lipinski definition) is 2. The zero-order valence-corrected chi connectivity index (χ0v) is 15.2. The fraction of sp³-hybridized carbons (Fsp3) is 0.529. The van der Waals surface area contributed by atoms with E-state index >= 15 is 0 Å². The van der Waals surface area contributed by atoms with Crippen molar-refractivity contribution < 1.29 is 23.1 Å². The first-order chi connectivity index (χ1) is 12.4. The number of carbonyl (C=O) groups is 2. The van der Waals surface area contributed by atoms with Crippen LogP contribution in [0.25, 0.3) is 0 Å². The molecule has 1 saturated heterocycles. The number of piperidine rings is 1. The fourth-order valence-electron chi connectivity index (χ4n) is 3.51. The van der Waals surface area contributed by atoms with Crippen LogP contribution in [0, 0.1) is 0 Å². The molecular weight excluding hydrogens is 358 g/mol. The van der Waals surface area contributed by atoms with Crippen molar-refractivity contribution >= 4 is 27.7 Å². The molecule has 1 atom stereocenters. The Morgan fingerprint density at radius 1 is 1.23 bits per heavy atom. The van der Waals surface area contributed by atoms with Gasteiger partial charge in [0.2, 0.25) is 10.0 Å². The monoisotopic (exact) mass is 381 g/mol. The van der Waals surface area contributed by atoms with Gasteiger partial charge in [0.05, 0.1) is 17.4 Å². The molecule has 0 aromatic heterocycles. The Bertz CT molecular complexity index is 795. The van der Waals surface area contributed by atoms with E-state index in [1.54, 1.807) is 0 Å². The number of nitrogens with one attached hydrogen (secondary N) is 1. The minimum atomic E-state index is -3.56. The van der Waals surface area contributed by atoms with Crippen LogP contribution in [0.3, 0.4) is 0 Å². The third-order valence-corrected chi connectivity index (χ3v) is 7.07. The Kier molecular flexibility index (Phi) is 5.36. The second-order valence-corrected chi connectivity index (χ2v) is 8.72. The van der Waals surface area contributed by atoms with Gasteiger partial charge < -0.3 is 15.3 Å². The molecular formula is C17H23N3O5S. The van der Waals surface area contributed by atoms with Gasteiger partial charge in [-0.15, -0.1) is 0 Å². The Balaban J connectivity index is 1.67. The number of carboxylic acids is 1. The van der Waals surface area contributed by atoms with Crippen LogP contribution >= 0.6 is 0 Å². The van der Waals surface area contributed by atoms with Gasteiger partial charge in [0.15, 0.2) is 0 Å². The lowest BCUT2D eigenvalue weighted by Gasteiger charge is -2.35. The number of likely N-dealkylation sites (tertiary alicyclic amines) is 1. The number of amides is 2. The molecule has 1 unspecified atom stereocenters. The van der Waals surface area contributed by atoms with E-state index in [2.05, 4.69) is 5.32 Å². The van der Waals surface area contributed by atoms with Gasteiger partial charge in [-0.25, -0.2) is 13.2 Å². The summed E-state index contributed by atoms with van der Waals surface area (Å²) in [6.45, 7) is 1.06. The topological polar surface area (TPSA) is 107 Å². The zero-order chi connectivity index (χ0) is 18.7. The molecule has 8 nitrogen and oxygen atoms in total. The number of carbonyl (C=O) groups excluding carboxylic acids is 1. The number of hydrogen-bond acceptors (Lipinski definition) is 4. The van der Waals surface area contributed by atoms with Gasteiger partial charge in [0.1, 0.15) is 0 Å². The molecule has 0 aliphatic carbocycles. The highest BCUT2D eigenvalue weighted by atomic mass is 32.2. The van der Waals surface area contributed by atoms with E-state index in [9.17, 15) is 18.0 Å². The molecule has 2 N–H and O–H groups in total. The largest absolute Gasteiger partial charge is 0.481 e. The number of aliphatic carboxylic acids is 1. The average molecular weight is 381 g/mol. The maximum absolute atomic E-state index is 13.1. The Morgan fingerprint density at radius 2 is 2.00 bits per heavy atom. The first-order valence-corrected chi connectivity index (χ1v) is 10.2. The molecule has 1 aromatic carbocycles. The summed E-state index contributed by atoms with van der Waals surface area (Å²) < 4.78 is 27.7. The van der Waals surface area contributed by atoms with E-state index in [1.165, 1.54) is 9.21 Å². The predicted molar refractivity (Wildman–Crippen MR) is 96.7 cm³/mol. The summed E-state index contributed by atoms with van der Waals surface area (Å²) in [5.74, 6) is -0.989. The van der Waals surface area contributed by atoms with Gasteiger partial charge in [-0.1, -0.05) is 18.2 Å². The van der Waals surface area contributed by atoms with Crippen LogP contribution < -0.4 is 9.62 Å². The van der Waals surface area contributed by atoms with Crippen LogP contribution in [-0.2, 0) is 21.2 Å². The number of para-hydroxylation sites is 1. The van der Waals surface area contributed by atoms with Crippen molar-refractivity contribution in [2.24, 2.45) is 0 Å². The lowest BCUT2D eigenvalue weighted by molar-refractivity contribution is -0.136. The van der Waals surface area contributed by atoms with Crippen LogP contribution in [-0.4, -0.2) is 61.9 Å². The second-order valence-electron chi connectivity index (χ2n) is 6.58. The fourth-order valence-corrected chi connectivity index (χ4v) is 5.50. The highest BCUT2D eigenvalue weighted by molar-refractivity contribution is 7.93. The number of nitrogens with zero attached hydrogens (tertiary/aromatic N) is 2. The van der Waals surface area contributed by atoms with Crippen LogP contribution in [0.1, 0.15) is 24.8 Å². The number of anilines is 1. The van der Waals surface area contributed by atoms with Crippen molar-refractivity contribution in [2.45, 2.75) is 30.9 Å². The summed E-state index contributed by atoms with van der Waals surface area (Å²) in [4.78, 5) is 24.2. The van der Waals surface area contributed by atoms with Gasteiger partial charge in [0.25, 0.3) is 0 Å². The quantitative estimate of drug-likeness (QED) is 0.792. The predicted octanol–water partition coefficient (Wildman–Crippen LogP) is 1.03. The number of urea groups is 1. The van der Waals surface area contributed by atoms with E-state index in [0.29, 0.717) is 32.4 Å². The van der Waals surface area contributed by atoms with E-state index in [0.717, 1.165) is 11.3 Å². The van der Waals surface area contributed by atoms with Gasteiger partial charge in [0, 0.05) is 26.2 Å². The molecule has 1 aromatic rings. The van der Waals surface area contributed by atoms with Gasteiger partial charge in [-0.2, -0.15) is 0 Å². The molecule has 1 fully saturated rings. The smallest absolute Gasteiger partial charge is 0.317 e. The molecule has 142 valence electrons. The summed E-state index contributed by atoms with van der Waals surface area (Å²) in [6.07, 6.45) is 1.65. The highest BCUT2D eigenvalue weighted by Gasteiger charge is 2.39. The number of carboxylic acid groups (broad SMARTS) is 1. The van der Waals surface area contributed by atoms with Gasteiger partial charge >= 0.3 is 12.0 Å². The van der Waals surface area contributed by atoms with E-state index in [4.69, 9.17) is 5.11 Å². The van der Waals surface area contributed by atoms with Crippen LogP contribution in [0.15, 0.2) is 24.3 Å². The molecule has 2 amide bonds. The van der Waals surface area contributed by atoms with Crippen molar-refractivity contribution in [2.75, 3.05) is 30.5 Å². The average Bonchev–Trinajstić information content (AvgIpc) is 3.06. The highest BCUT2D eigenvalue weighted by Crippen LogP contribution is 2.33. The lowest BCUT2D eigenvalue weighted by Crippen LogP contribution is -2.52. The maximum atomic E-state index is 13.1. The third kappa shape index (κ3) is 3.77. The minimum absolute atomic E-state index is 0.0293. The molecule has 2 aliphatic rings. The number of fused-ring (bicyclic) bond motifs is 1. The van der Waals surface area contributed by atoms with Gasteiger partial charge in [-0.3, -0.25) is 9.10 Å². The molecule has 26 heavy (non-hydrogen) atoms. The Labute approximate surface area is 152 Å². The van der Waals surface area contributed by atoms with Crippen molar-refractivity contribution in [3.05, 3.63) is 29.8 Å². The van der Waals surface area contributed by atoms with Crippen molar-refractivity contribution in [1.29, 1.82) is 0 Å². The Morgan fingerprint density at radius 3 is 2.77 bits per heavy atom. The molecule has 0 bridgehead atoms. The molecule has 0 spiro atoms. The third-order valence-electron chi connectivity index (χ3n) is 4.85. The summed E-state index contributed by atoms with van der Waals surface area (Å²) in [7, 11) is -3.56. The first-order valence-electron chi connectivity index (χ1n) is 8.73. The van der Waals surface area contributed by atoms with Crippen LogP contribution in [0.4, 0.5) is 10.5 Å². The van der Waals surface area contributed by atoms with Crippen molar-refractivity contribution in [1.82, 2.24) is 10.2 Å². The normalized spacial score (nSPS) is 19.9. The van der Waals surface area contributed by atoms with Crippen LogP contribution in [0.5, 0.6) is 0 Å². The number of benzene rings is 1. The van der Waals surface area contributed by atoms with E-state index < -0.39 is 27.3 Å². The van der Waals surface area contributed by atoms with Crippen molar-refractivity contribution in [3.8, 4) is 0 Å². The lowest BCUT2D eigenvalue weighted by atomic mass is 10.1. The summed E-state index contributed by atoms with van der Waals surface area (Å²) in [5.41, 5.74) is 1.76. The molecule has 9 heteroatoms. The number of rotatable bonds is 5. The minimum Gasteiger partial charge on any atom is -0.481 e. The Hall–Kier alpha value is -2.29.